The van der Waals surface area contributed by atoms with Crippen LogP contribution >= 0.6 is 0 Å². The van der Waals surface area contributed by atoms with Crippen molar-refractivity contribution in [1.82, 2.24) is 19.4 Å². The van der Waals surface area contributed by atoms with E-state index in [1.165, 1.54) is 21.9 Å². The molecule has 0 atom stereocenters. The predicted octanol–water partition coefficient (Wildman–Crippen LogP) is 2.28. The van der Waals surface area contributed by atoms with Gasteiger partial charge in [-0.1, -0.05) is 13.8 Å². The molecule has 1 amide bonds. The molecular weight excluding hydrogens is 392 g/mol. The van der Waals surface area contributed by atoms with Crippen molar-refractivity contribution in [3.05, 3.63) is 63.8 Å². The zero-order chi connectivity index (χ0) is 22.2. The number of pyridine rings is 2. The van der Waals surface area contributed by atoms with Gasteiger partial charge in [0.25, 0.3) is 0 Å². The Bertz CT molecular complexity index is 1190. The first kappa shape index (κ1) is 21.1. The van der Waals surface area contributed by atoms with E-state index in [0.29, 0.717) is 19.5 Å². The molecule has 0 fully saturated rings. The Morgan fingerprint density at radius 3 is 2.77 bits per heavy atom. The molecular formula is C24H28N4O3. The summed E-state index contributed by atoms with van der Waals surface area (Å²) >= 11 is 0. The quantitative estimate of drug-likeness (QED) is 0.453. The molecule has 0 saturated heterocycles. The van der Waals surface area contributed by atoms with Crippen LogP contribution in [0.5, 0.6) is 0 Å². The summed E-state index contributed by atoms with van der Waals surface area (Å²) in [6, 6.07) is 7.35. The van der Waals surface area contributed by atoms with Gasteiger partial charge in [0, 0.05) is 49.9 Å². The molecule has 162 valence electrons. The Morgan fingerprint density at radius 1 is 1.26 bits per heavy atom. The van der Waals surface area contributed by atoms with Crippen LogP contribution in [-0.2, 0) is 37.8 Å². The van der Waals surface area contributed by atoms with Crippen LogP contribution in [0.1, 0.15) is 30.7 Å². The number of aryl methyl sites for hydroxylation is 1. The fourth-order valence-electron chi connectivity index (χ4n) is 4.62. The van der Waals surface area contributed by atoms with Crippen molar-refractivity contribution in [3.8, 4) is 22.5 Å². The molecule has 0 saturated carbocycles. The average molecular weight is 421 g/mol. The molecule has 2 N–H and O–H groups in total. The summed E-state index contributed by atoms with van der Waals surface area (Å²) < 4.78 is 3.76. The molecule has 7 heteroatoms. The molecule has 3 aromatic rings. The second kappa shape index (κ2) is 8.15. The van der Waals surface area contributed by atoms with E-state index in [-0.39, 0.29) is 17.6 Å². The van der Waals surface area contributed by atoms with Crippen molar-refractivity contribution >= 4 is 6.41 Å². The van der Waals surface area contributed by atoms with Crippen LogP contribution in [0.15, 0.2) is 41.5 Å². The minimum Gasteiger partial charge on any atom is -0.392 e. The minimum absolute atomic E-state index is 0.0841. The number of hydrogen-bond donors (Lipinski definition) is 2. The van der Waals surface area contributed by atoms with Gasteiger partial charge in [-0.2, -0.15) is 0 Å². The van der Waals surface area contributed by atoms with Gasteiger partial charge in [0.2, 0.25) is 12.0 Å². The van der Waals surface area contributed by atoms with E-state index in [9.17, 15) is 14.7 Å². The molecule has 1 aliphatic rings. The van der Waals surface area contributed by atoms with Gasteiger partial charge in [0.1, 0.15) is 0 Å². The monoisotopic (exact) mass is 420 g/mol. The molecule has 0 unspecified atom stereocenters. The highest BCUT2D eigenvalue weighted by molar-refractivity contribution is 5.75. The molecule has 0 aliphatic heterocycles. The van der Waals surface area contributed by atoms with Gasteiger partial charge in [-0.15, -0.1) is 0 Å². The number of fused-ring (bicyclic) bond motifs is 1. The summed E-state index contributed by atoms with van der Waals surface area (Å²) in [5.74, 6) is 0. The largest absolute Gasteiger partial charge is 0.392 e. The molecule has 31 heavy (non-hydrogen) atoms. The van der Waals surface area contributed by atoms with Gasteiger partial charge in [-0.05, 0) is 53.1 Å². The molecule has 0 bridgehead atoms. The van der Waals surface area contributed by atoms with Crippen molar-refractivity contribution in [2.24, 2.45) is 12.5 Å². The van der Waals surface area contributed by atoms with E-state index in [2.05, 4.69) is 34.8 Å². The average Bonchev–Trinajstić information content (AvgIpc) is 3.21. The summed E-state index contributed by atoms with van der Waals surface area (Å²) in [4.78, 5) is 27.2. The number of amides is 1. The number of carbonyl (C=O) groups is 1. The maximum atomic E-state index is 11.8. The van der Waals surface area contributed by atoms with Gasteiger partial charge in [-0.3, -0.25) is 14.6 Å². The van der Waals surface area contributed by atoms with Crippen LogP contribution in [0.25, 0.3) is 22.5 Å². The first-order valence-corrected chi connectivity index (χ1v) is 10.5. The first-order valence-electron chi connectivity index (χ1n) is 10.5. The smallest absolute Gasteiger partial charge is 0.250 e. The van der Waals surface area contributed by atoms with E-state index in [1.807, 2.05) is 6.07 Å². The lowest BCUT2D eigenvalue weighted by Gasteiger charge is -2.20. The molecule has 0 spiro atoms. The molecule has 7 nitrogen and oxygen atoms in total. The van der Waals surface area contributed by atoms with Gasteiger partial charge in [-0.25, -0.2) is 0 Å². The molecule has 4 rings (SSSR count). The molecule has 0 radical (unpaired) electrons. The highest BCUT2D eigenvalue weighted by Gasteiger charge is 2.33. The van der Waals surface area contributed by atoms with Crippen molar-refractivity contribution in [3.63, 3.8) is 0 Å². The van der Waals surface area contributed by atoms with Gasteiger partial charge in [0.05, 0.1) is 18.0 Å². The van der Waals surface area contributed by atoms with Gasteiger partial charge >= 0.3 is 0 Å². The van der Waals surface area contributed by atoms with E-state index < -0.39 is 0 Å². The fraction of sp³-hybridized carbons (Fsp3) is 0.375. The molecule has 3 aromatic heterocycles. The zero-order valence-electron chi connectivity index (χ0n) is 18.2. The van der Waals surface area contributed by atoms with E-state index >= 15 is 0 Å². The maximum absolute atomic E-state index is 11.8. The normalized spacial score (nSPS) is 14.5. The third-order valence-electron chi connectivity index (χ3n) is 6.03. The number of aliphatic hydroxyl groups excluding tert-OH is 1. The number of carbonyl (C=O) groups excluding carboxylic acids is 1. The lowest BCUT2D eigenvalue weighted by molar-refractivity contribution is -0.109. The Morgan fingerprint density at radius 2 is 2.06 bits per heavy atom. The molecule has 1 aliphatic carbocycles. The highest BCUT2D eigenvalue weighted by atomic mass is 16.3. The number of aromatic nitrogens is 3. The van der Waals surface area contributed by atoms with Crippen LogP contribution in [0.4, 0.5) is 0 Å². The summed E-state index contributed by atoms with van der Waals surface area (Å²) in [5.41, 5.74) is 6.78. The number of aliphatic hydroxyl groups is 1. The van der Waals surface area contributed by atoms with Crippen LogP contribution in [0.2, 0.25) is 0 Å². The summed E-state index contributed by atoms with van der Waals surface area (Å²) in [5, 5.41) is 13.1. The minimum atomic E-state index is -0.171. The number of nitrogens with zero attached hydrogens (tertiary/aromatic N) is 3. The molecule has 3 heterocycles. The van der Waals surface area contributed by atoms with Crippen LogP contribution in [0.3, 0.4) is 0 Å². The number of nitrogens with one attached hydrogen (secondary N) is 1. The standard InChI is InChI=1S/C24H28N4O3/c1-24(2)11-17-10-20(28(21(17)12-24)9-8-25-15-30)23-19(14-29)18(6-7-26-23)16-4-5-22(31)27(3)13-16/h4-7,10,13,15,29H,8-9,11-12,14H2,1-3H3,(H,25,30). The number of hydrogen-bond acceptors (Lipinski definition) is 4. The Labute approximate surface area is 181 Å². The van der Waals surface area contributed by atoms with Crippen LogP contribution in [0, 0.1) is 5.41 Å². The molecule has 0 aromatic carbocycles. The zero-order valence-corrected chi connectivity index (χ0v) is 18.2. The lowest BCUT2D eigenvalue weighted by Crippen LogP contribution is -2.21. The first-order chi connectivity index (χ1) is 14.8. The van der Waals surface area contributed by atoms with Crippen LogP contribution in [-0.4, -0.2) is 32.2 Å². The second-order valence-corrected chi connectivity index (χ2v) is 8.95. The van der Waals surface area contributed by atoms with E-state index in [4.69, 9.17) is 0 Å². The lowest BCUT2D eigenvalue weighted by atomic mass is 9.90. The van der Waals surface area contributed by atoms with Gasteiger partial charge in [0.15, 0.2) is 0 Å². The van der Waals surface area contributed by atoms with Crippen molar-refractivity contribution < 1.29 is 9.90 Å². The van der Waals surface area contributed by atoms with Crippen molar-refractivity contribution in [2.75, 3.05) is 6.54 Å². The summed E-state index contributed by atoms with van der Waals surface area (Å²) in [6.07, 6.45) is 6.17. The number of rotatable bonds is 7. The van der Waals surface area contributed by atoms with Crippen molar-refractivity contribution in [1.29, 1.82) is 0 Å². The third-order valence-corrected chi connectivity index (χ3v) is 6.03. The Hall–Kier alpha value is -3.19. The summed E-state index contributed by atoms with van der Waals surface area (Å²) in [6.45, 7) is 5.51. The maximum Gasteiger partial charge on any atom is 0.250 e. The van der Waals surface area contributed by atoms with Gasteiger partial charge < -0.3 is 19.6 Å². The SMILES string of the molecule is Cn1cc(-c2ccnc(-c3cc4c(n3CCNC=O)CC(C)(C)C4)c2CO)ccc1=O. The topological polar surface area (TPSA) is 89.2 Å². The summed E-state index contributed by atoms with van der Waals surface area (Å²) in [7, 11) is 1.71. The van der Waals surface area contributed by atoms with E-state index in [0.717, 1.165) is 40.9 Å². The van der Waals surface area contributed by atoms with Crippen LogP contribution < -0.4 is 10.9 Å². The highest BCUT2D eigenvalue weighted by Crippen LogP contribution is 2.41. The Balaban J connectivity index is 1.85. The second-order valence-electron chi connectivity index (χ2n) is 8.95. The Kier molecular flexibility index (Phi) is 5.54. The van der Waals surface area contributed by atoms with Crippen molar-refractivity contribution in [2.45, 2.75) is 39.8 Å². The van der Waals surface area contributed by atoms with E-state index in [1.54, 1.807) is 25.5 Å². The predicted molar refractivity (Wildman–Crippen MR) is 120 cm³/mol. The fourth-order valence-corrected chi connectivity index (χ4v) is 4.62. The third kappa shape index (κ3) is 3.93.